The fourth-order valence-corrected chi connectivity index (χ4v) is 4.27. The molecule has 0 spiro atoms. The van der Waals surface area contributed by atoms with E-state index in [0.717, 1.165) is 12.2 Å². The van der Waals surface area contributed by atoms with Crippen LogP contribution in [-0.2, 0) is 19.6 Å². The third kappa shape index (κ3) is 3.85. The molecule has 2 heterocycles. The maximum Gasteiger partial charge on any atom is 0.228 e. The van der Waals surface area contributed by atoms with Gasteiger partial charge in [-0.1, -0.05) is 0 Å². The van der Waals surface area contributed by atoms with Gasteiger partial charge >= 0.3 is 0 Å². The summed E-state index contributed by atoms with van der Waals surface area (Å²) in [6.07, 6.45) is 1.65. The Balaban J connectivity index is 1.54. The quantitative estimate of drug-likeness (QED) is 0.800. The van der Waals surface area contributed by atoms with Crippen molar-refractivity contribution >= 4 is 33.2 Å². The highest BCUT2D eigenvalue weighted by Crippen LogP contribution is 2.25. The Morgan fingerprint density at radius 3 is 2.28 bits per heavy atom. The fourth-order valence-electron chi connectivity index (χ4n) is 3.14. The largest absolute Gasteiger partial charge is 0.326 e. The number of nitrogens with zero attached hydrogens (tertiary/aromatic N) is 2. The number of hydrogen-bond donors (Lipinski definition) is 1. The van der Waals surface area contributed by atoms with Crippen molar-refractivity contribution < 1.29 is 18.0 Å². The highest BCUT2D eigenvalue weighted by Gasteiger charge is 2.30. The molecule has 2 saturated heterocycles. The van der Waals surface area contributed by atoms with Crippen molar-refractivity contribution in [1.82, 2.24) is 4.31 Å². The van der Waals surface area contributed by atoms with Gasteiger partial charge in [-0.2, -0.15) is 0 Å². The molecule has 2 aliphatic rings. The molecular formula is C17H23N3O4S. The first-order valence-corrected chi connectivity index (χ1v) is 10.2. The van der Waals surface area contributed by atoms with Crippen molar-refractivity contribution in [2.24, 2.45) is 5.92 Å². The summed E-state index contributed by atoms with van der Waals surface area (Å²) in [5, 5.41) is 2.88. The van der Waals surface area contributed by atoms with Gasteiger partial charge in [-0.3, -0.25) is 9.59 Å². The lowest BCUT2D eigenvalue weighted by atomic mass is 9.97. The molecule has 136 valence electrons. The molecule has 8 heteroatoms. The average molecular weight is 365 g/mol. The molecule has 0 saturated carbocycles. The summed E-state index contributed by atoms with van der Waals surface area (Å²) >= 11 is 0. The number of sulfonamides is 1. The monoisotopic (exact) mass is 365 g/mol. The molecule has 25 heavy (non-hydrogen) atoms. The van der Waals surface area contributed by atoms with E-state index in [-0.39, 0.29) is 23.5 Å². The number of carbonyl (C=O) groups is 2. The Bertz CT molecular complexity index is 753. The van der Waals surface area contributed by atoms with Crippen molar-refractivity contribution in [3.8, 4) is 0 Å². The van der Waals surface area contributed by atoms with Crippen LogP contribution in [-0.4, -0.2) is 49.9 Å². The van der Waals surface area contributed by atoms with E-state index in [9.17, 15) is 18.0 Å². The van der Waals surface area contributed by atoms with E-state index in [1.165, 1.54) is 4.31 Å². The predicted octanol–water partition coefficient (Wildman–Crippen LogP) is 1.42. The Labute approximate surface area is 148 Å². The number of nitrogens with one attached hydrogen (secondary N) is 1. The summed E-state index contributed by atoms with van der Waals surface area (Å²) in [6.45, 7) is 3.16. The zero-order chi connectivity index (χ0) is 18.0. The molecule has 2 aliphatic heterocycles. The molecular weight excluding hydrogens is 342 g/mol. The van der Waals surface area contributed by atoms with Crippen LogP contribution in [0.5, 0.6) is 0 Å². The predicted molar refractivity (Wildman–Crippen MR) is 95.8 cm³/mol. The average Bonchev–Trinajstić information content (AvgIpc) is 2.62. The minimum atomic E-state index is -3.17. The number of rotatable bonds is 5. The van der Waals surface area contributed by atoms with Crippen molar-refractivity contribution in [3.63, 3.8) is 0 Å². The molecule has 7 nitrogen and oxygen atoms in total. The molecule has 1 aromatic rings. The zero-order valence-electron chi connectivity index (χ0n) is 14.3. The van der Waals surface area contributed by atoms with Crippen molar-refractivity contribution in [1.29, 1.82) is 0 Å². The van der Waals surface area contributed by atoms with E-state index in [4.69, 9.17) is 0 Å². The van der Waals surface area contributed by atoms with E-state index >= 15 is 0 Å². The van der Waals surface area contributed by atoms with Gasteiger partial charge in [0.1, 0.15) is 0 Å². The molecule has 0 aliphatic carbocycles. The van der Waals surface area contributed by atoms with Gasteiger partial charge in [0.2, 0.25) is 21.8 Å². The summed E-state index contributed by atoms with van der Waals surface area (Å²) in [7, 11) is -3.17. The molecule has 2 fully saturated rings. The molecule has 2 amide bonds. The van der Waals surface area contributed by atoms with Crippen molar-refractivity contribution in [3.05, 3.63) is 24.3 Å². The van der Waals surface area contributed by atoms with Crippen molar-refractivity contribution in [2.75, 3.05) is 35.6 Å². The lowest BCUT2D eigenvalue weighted by molar-refractivity contribution is -0.122. The first-order chi connectivity index (χ1) is 11.9. The van der Waals surface area contributed by atoms with Crippen LogP contribution in [0.4, 0.5) is 11.4 Å². The van der Waals surface area contributed by atoms with Crippen LogP contribution in [0.3, 0.4) is 0 Å². The molecule has 3 rings (SSSR count). The second-order valence-electron chi connectivity index (χ2n) is 6.41. The van der Waals surface area contributed by atoms with Gasteiger partial charge in [-0.25, -0.2) is 12.7 Å². The SMILES string of the molecule is CCS(=O)(=O)N1CCC(C(=O)Nc2ccc(N3CCC3=O)cc2)CC1. The molecule has 0 radical (unpaired) electrons. The van der Waals surface area contributed by atoms with E-state index in [1.807, 2.05) is 12.1 Å². The standard InChI is InChI=1S/C17H23N3O4S/c1-2-25(23,24)19-10-7-13(8-11-19)17(22)18-14-3-5-15(6-4-14)20-12-9-16(20)21/h3-6,13H,2,7-12H2,1H3,(H,18,22). The number of piperidine rings is 1. The van der Waals surface area contributed by atoms with Gasteiger partial charge in [0.25, 0.3) is 0 Å². The van der Waals surface area contributed by atoms with Gasteiger partial charge in [0, 0.05) is 43.3 Å². The Kier molecular flexibility index (Phi) is 5.10. The van der Waals surface area contributed by atoms with Gasteiger partial charge in [0.15, 0.2) is 0 Å². The minimum Gasteiger partial charge on any atom is -0.326 e. The number of benzene rings is 1. The number of amides is 2. The molecule has 1 aromatic carbocycles. The number of anilines is 2. The van der Waals surface area contributed by atoms with Gasteiger partial charge in [-0.15, -0.1) is 0 Å². The lowest BCUT2D eigenvalue weighted by Gasteiger charge is -2.31. The highest BCUT2D eigenvalue weighted by molar-refractivity contribution is 7.89. The van der Waals surface area contributed by atoms with E-state index in [0.29, 0.717) is 38.0 Å². The summed E-state index contributed by atoms with van der Waals surface area (Å²) in [5.41, 5.74) is 1.53. The Morgan fingerprint density at radius 1 is 1.16 bits per heavy atom. The third-order valence-corrected chi connectivity index (χ3v) is 6.76. The zero-order valence-corrected chi connectivity index (χ0v) is 15.1. The second kappa shape index (κ2) is 7.13. The Morgan fingerprint density at radius 2 is 1.80 bits per heavy atom. The molecule has 0 aromatic heterocycles. The number of hydrogen-bond acceptors (Lipinski definition) is 4. The summed E-state index contributed by atoms with van der Waals surface area (Å²) in [4.78, 5) is 25.5. The number of β-lactam (4-membered cyclic amide) rings is 1. The summed E-state index contributed by atoms with van der Waals surface area (Å²) in [6, 6.07) is 7.22. The summed E-state index contributed by atoms with van der Waals surface area (Å²) in [5.74, 6) is -0.0535. The van der Waals surface area contributed by atoms with Gasteiger partial charge < -0.3 is 10.2 Å². The normalized spacial score (nSPS) is 19.6. The van der Waals surface area contributed by atoms with Crippen LogP contribution >= 0.6 is 0 Å². The van der Waals surface area contributed by atoms with E-state index < -0.39 is 10.0 Å². The van der Waals surface area contributed by atoms with Crippen LogP contribution in [0.15, 0.2) is 24.3 Å². The molecule has 0 unspecified atom stereocenters. The topological polar surface area (TPSA) is 86.8 Å². The fraction of sp³-hybridized carbons (Fsp3) is 0.529. The maximum atomic E-state index is 12.4. The third-order valence-electron chi connectivity index (χ3n) is 4.88. The molecule has 0 atom stereocenters. The van der Waals surface area contributed by atoms with Crippen LogP contribution in [0.25, 0.3) is 0 Å². The van der Waals surface area contributed by atoms with E-state index in [1.54, 1.807) is 24.0 Å². The van der Waals surface area contributed by atoms with Crippen LogP contribution in [0, 0.1) is 5.92 Å². The smallest absolute Gasteiger partial charge is 0.228 e. The van der Waals surface area contributed by atoms with Crippen LogP contribution in [0.2, 0.25) is 0 Å². The lowest BCUT2D eigenvalue weighted by Crippen LogP contribution is -2.43. The van der Waals surface area contributed by atoms with Crippen LogP contribution in [0.1, 0.15) is 26.2 Å². The Hall–Kier alpha value is -1.93. The molecule has 0 bridgehead atoms. The first-order valence-electron chi connectivity index (χ1n) is 8.60. The minimum absolute atomic E-state index is 0.0821. The highest BCUT2D eigenvalue weighted by atomic mass is 32.2. The summed E-state index contributed by atoms with van der Waals surface area (Å²) < 4.78 is 25.2. The van der Waals surface area contributed by atoms with Gasteiger partial charge in [0.05, 0.1) is 5.75 Å². The van der Waals surface area contributed by atoms with Crippen LogP contribution < -0.4 is 10.2 Å². The second-order valence-corrected chi connectivity index (χ2v) is 8.66. The maximum absolute atomic E-state index is 12.4. The number of carbonyl (C=O) groups excluding carboxylic acids is 2. The van der Waals surface area contributed by atoms with Crippen molar-refractivity contribution in [2.45, 2.75) is 26.2 Å². The molecule has 1 N–H and O–H groups in total. The van der Waals surface area contributed by atoms with E-state index in [2.05, 4.69) is 5.32 Å². The van der Waals surface area contributed by atoms with Gasteiger partial charge in [-0.05, 0) is 44.0 Å². The first kappa shape index (κ1) is 17.9.